The van der Waals surface area contributed by atoms with Crippen LogP contribution in [-0.4, -0.2) is 49.2 Å². The lowest BCUT2D eigenvalue weighted by atomic mass is 10.2. The van der Waals surface area contributed by atoms with Crippen molar-refractivity contribution >= 4 is 18.0 Å². The second kappa shape index (κ2) is 11.5. The van der Waals surface area contributed by atoms with Gasteiger partial charge in [-0.25, -0.2) is 5.43 Å². The van der Waals surface area contributed by atoms with E-state index in [-0.39, 0.29) is 18.4 Å². The largest absolute Gasteiger partial charge is 0.490 e. The van der Waals surface area contributed by atoms with Crippen LogP contribution in [0.2, 0.25) is 0 Å². The van der Waals surface area contributed by atoms with E-state index < -0.39 is 0 Å². The van der Waals surface area contributed by atoms with Gasteiger partial charge in [-0.3, -0.25) is 9.59 Å². The number of amides is 2. The number of hydrogen-bond acceptors (Lipinski definition) is 5. The fourth-order valence-corrected chi connectivity index (χ4v) is 2.62. The summed E-state index contributed by atoms with van der Waals surface area (Å²) in [4.78, 5) is 25.8. The molecule has 0 aliphatic carbocycles. The molecule has 0 saturated heterocycles. The fraction of sp³-hybridized carbons (Fsp3) is 0.318. The third-order valence-corrected chi connectivity index (χ3v) is 4.15. The van der Waals surface area contributed by atoms with Crippen LogP contribution in [0.5, 0.6) is 11.5 Å². The molecule has 1 N–H and O–H groups in total. The Balaban J connectivity index is 2.02. The van der Waals surface area contributed by atoms with Gasteiger partial charge in [0.25, 0.3) is 11.8 Å². The van der Waals surface area contributed by atoms with Crippen LogP contribution in [0.3, 0.4) is 0 Å². The molecule has 0 aliphatic heterocycles. The van der Waals surface area contributed by atoms with Crippen LogP contribution < -0.4 is 14.9 Å². The molecular formula is C22H27N3O4. The van der Waals surface area contributed by atoms with Crippen LogP contribution in [0, 0.1) is 0 Å². The highest BCUT2D eigenvalue weighted by molar-refractivity contribution is 5.94. The molecule has 0 aliphatic rings. The topological polar surface area (TPSA) is 80.2 Å². The summed E-state index contributed by atoms with van der Waals surface area (Å²) in [5, 5.41) is 3.99. The molecule has 0 bridgehead atoms. The Morgan fingerprint density at radius 1 is 1.00 bits per heavy atom. The number of hydrogen-bond donors (Lipinski definition) is 1. The predicted octanol–water partition coefficient (Wildman–Crippen LogP) is 3.10. The average Bonchev–Trinajstić information content (AvgIpc) is 2.75. The minimum atomic E-state index is -0.290. The number of benzene rings is 2. The van der Waals surface area contributed by atoms with Crippen molar-refractivity contribution in [2.45, 2.75) is 20.8 Å². The van der Waals surface area contributed by atoms with Gasteiger partial charge in [0, 0.05) is 18.7 Å². The van der Waals surface area contributed by atoms with E-state index in [1.165, 1.54) is 6.21 Å². The Hall–Kier alpha value is -3.35. The molecule has 0 radical (unpaired) electrons. The van der Waals surface area contributed by atoms with Gasteiger partial charge in [-0.05, 0) is 56.7 Å². The van der Waals surface area contributed by atoms with Crippen LogP contribution in [0.1, 0.15) is 36.7 Å². The first-order chi connectivity index (χ1) is 14.1. The maximum absolute atomic E-state index is 12.1. The summed E-state index contributed by atoms with van der Waals surface area (Å²) < 4.78 is 11.3. The molecule has 0 unspecified atom stereocenters. The fourth-order valence-electron chi connectivity index (χ4n) is 2.62. The first-order valence-electron chi connectivity index (χ1n) is 9.64. The highest BCUT2D eigenvalue weighted by Crippen LogP contribution is 2.28. The highest BCUT2D eigenvalue weighted by atomic mass is 16.5. The van der Waals surface area contributed by atoms with Gasteiger partial charge in [0.15, 0.2) is 18.1 Å². The second-order valence-electron chi connectivity index (χ2n) is 6.06. The smallest absolute Gasteiger partial charge is 0.271 e. The van der Waals surface area contributed by atoms with E-state index in [0.717, 1.165) is 5.56 Å². The summed E-state index contributed by atoms with van der Waals surface area (Å²) in [5.74, 6) is 0.629. The van der Waals surface area contributed by atoms with Crippen molar-refractivity contribution < 1.29 is 19.1 Å². The third kappa shape index (κ3) is 6.64. The minimum absolute atomic E-state index is 0.0533. The molecule has 7 heteroatoms. The molecule has 29 heavy (non-hydrogen) atoms. The Morgan fingerprint density at radius 2 is 1.72 bits per heavy atom. The summed E-state index contributed by atoms with van der Waals surface area (Å²) >= 11 is 0. The van der Waals surface area contributed by atoms with Gasteiger partial charge in [-0.1, -0.05) is 18.2 Å². The standard InChI is InChI=1S/C22H27N3O4/c1-4-25(5-2)21(26)16-29-19-13-12-17(14-20(19)28-6-3)15-23-24-22(27)18-10-8-7-9-11-18/h7-15H,4-6,16H2,1-3H3,(H,24,27)/b23-15+. The predicted molar refractivity (Wildman–Crippen MR) is 113 cm³/mol. The van der Waals surface area contributed by atoms with Crippen LogP contribution >= 0.6 is 0 Å². The monoisotopic (exact) mass is 397 g/mol. The molecule has 0 fully saturated rings. The molecule has 0 spiro atoms. The van der Waals surface area contributed by atoms with E-state index in [1.807, 2.05) is 26.8 Å². The van der Waals surface area contributed by atoms with E-state index in [1.54, 1.807) is 47.4 Å². The number of carbonyl (C=O) groups excluding carboxylic acids is 2. The third-order valence-electron chi connectivity index (χ3n) is 4.15. The average molecular weight is 397 g/mol. The summed E-state index contributed by atoms with van der Waals surface area (Å²) in [6.07, 6.45) is 1.52. The van der Waals surface area contributed by atoms with E-state index >= 15 is 0 Å². The lowest BCUT2D eigenvalue weighted by molar-refractivity contribution is -0.133. The van der Waals surface area contributed by atoms with E-state index in [4.69, 9.17) is 9.47 Å². The number of rotatable bonds is 10. The molecule has 2 aromatic rings. The molecule has 2 rings (SSSR count). The van der Waals surface area contributed by atoms with Gasteiger partial charge in [0.1, 0.15) is 0 Å². The van der Waals surface area contributed by atoms with Crippen molar-refractivity contribution in [3.63, 3.8) is 0 Å². The van der Waals surface area contributed by atoms with Gasteiger partial charge in [0.05, 0.1) is 12.8 Å². The SMILES string of the molecule is CCOc1cc(/C=N/NC(=O)c2ccccc2)ccc1OCC(=O)N(CC)CC. The number of likely N-dealkylation sites (N-methyl/N-ethyl adjacent to an activating group) is 1. The Kier molecular flexibility index (Phi) is 8.69. The second-order valence-corrected chi connectivity index (χ2v) is 6.06. The van der Waals surface area contributed by atoms with Crippen molar-refractivity contribution in [1.29, 1.82) is 0 Å². The molecule has 2 amide bonds. The number of hydrazone groups is 1. The van der Waals surface area contributed by atoms with E-state index in [0.29, 0.717) is 36.8 Å². The van der Waals surface area contributed by atoms with Gasteiger partial charge in [0.2, 0.25) is 0 Å². The van der Waals surface area contributed by atoms with Gasteiger partial charge in [-0.2, -0.15) is 5.10 Å². The van der Waals surface area contributed by atoms with Crippen LogP contribution in [-0.2, 0) is 4.79 Å². The normalized spacial score (nSPS) is 10.6. The molecule has 2 aromatic carbocycles. The van der Waals surface area contributed by atoms with Gasteiger partial charge in [-0.15, -0.1) is 0 Å². The lowest BCUT2D eigenvalue weighted by Gasteiger charge is -2.19. The summed E-state index contributed by atoms with van der Waals surface area (Å²) in [5.41, 5.74) is 3.74. The van der Waals surface area contributed by atoms with Crippen LogP contribution in [0.15, 0.2) is 53.6 Å². The minimum Gasteiger partial charge on any atom is -0.490 e. The zero-order valence-corrected chi connectivity index (χ0v) is 17.1. The molecule has 0 aromatic heterocycles. The van der Waals surface area contributed by atoms with Crippen molar-refractivity contribution in [2.24, 2.45) is 5.10 Å². The molecule has 0 atom stereocenters. The summed E-state index contributed by atoms with van der Waals surface area (Å²) in [6.45, 7) is 7.40. The zero-order chi connectivity index (χ0) is 21.1. The van der Waals surface area contributed by atoms with Gasteiger partial charge < -0.3 is 14.4 Å². The number of ether oxygens (including phenoxy) is 2. The van der Waals surface area contributed by atoms with Crippen LogP contribution in [0.25, 0.3) is 0 Å². The maximum atomic E-state index is 12.1. The molecule has 0 saturated carbocycles. The van der Waals surface area contributed by atoms with Crippen molar-refractivity contribution in [2.75, 3.05) is 26.3 Å². The summed E-state index contributed by atoms with van der Waals surface area (Å²) in [6, 6.07) is 14.1. The Labute approximate surface area is 171 Å². The number of nitrogens with zero attached hydrogens (tertiary/aromatic N) is 2. The van der Waals surface area contributed by atoms with Crippen molar-refractivity contribution in [1.82, 2.24) is 10.3 Å². The Morgan fingerprint density at radius 3 is 2.38 bits per heavy atom. The molecule has 7 nitrogen and oxygen atoms in total. The summed E-state index contributed by atoms with van der Waals surface area (Å²) in [7, 11) is 0. The zero-order valence-electron chi connectivity index (χ0n) is 17.1. The Bertz CT molecular complexity index is 833. The highest BCUT2D eigenvalue weighted by Gasteiger charge is 2.13. The number of carbonyl (C=O) groups is 2. The molecule has 154 valence electrons. The molecule has 0 heterocycles. The quantitative estimate of drug-likeness (QED) is 0.493. The van der Waals surface area contributed by atoms with Crippen LogP contribution in [0.4, 0.5) is 0 Å². The first kappa shape index (κ1) is 21.9. The lowest BCUT2D eigenvalue weighted by Crippen LogP contribution is -2.34. The molecular weight excluding hydrogens is 370 g/mol. The van der Waals surface area contributed by atoms with Gasteiger partial charge >= 0.3 is 0 Å². The van der Waals surface area contributed by atoms with E-state index in [2.05, 4.69) is 10.5 Å². The van der Waals surface area contributed by atoms with Crippen molar-refractivity contribution in [3.05, 3.63) is 59.7 Å². The first-order valence-corrected chi connectivity index (χ1v) is 9.64. The number of nitrogens with one attached hydrogen (secondary N) is 1. The maximum Gasteiger partial charge on any atom is 0.271 e. The van der Waals surface area contributed by atoms with Crippen molar-refractivity contribution in [3.8, 4) is 11.5 Å². The van der Waals surface area contributed by atoms with E-state index in [9.17, 15) is 9.59 Å².